The second-order valence-electron chi connectivity index (χ2n) is 3.43. The van der Waals surface area contributed by atoms with E-state index in [0.29, 0.717) is 10.9 Å². The Morgan fingerprint density at radius 2 is 2.00 bits per heavy atom. The van der Waals surface area contributed by atoms with Crippen LogP contribution in [0.15, 0.2) is 23.0 Å². The molecule has 0 aliphatic rings. The summed E-state index contributed by atoms with van der Waals surface area (Å²) in [5.41, 5.74) is 1.17. The van der Waals surface area contributed by atoms with Gasteiger partial charge in [-0.2, -0.15) is 0 Å². The minimum absolute atomic E-state index is 0.0267. The molecule has 0 fully saturated rings. The fraction of sp³-hybridized carbons (Fsp3) is 0.200. The summed E-state index contributed by atoms with van der Waals surface area (Å²) in [6.07, 6.45) is 0. The monoisotopic (exact) mass is 276 g/mol. The van der Waals surface area contributed by atoms with Crippen molar-refractivity contribution in [3.63, 3.8) is 0 Å². The van der Waals surface area contributed by atoms with Gasteiger partial charge in [-0.3, -0.25) is 4.79 Å². The van der Waals surface area contributed by atoms with E-state index in [1.807, 2.05) is 13.0 Å². The van der Waals surface area contributed by atoms with E-state index in [1.165, 1.54) is 0 Å². The fourth-order valence-electron chi connectivity index (χ4n) is 1.39. The summed E-state index contributed by atoms with van der Waals surface area (Å²) in [5.74, 6) is 0.0267. The number of halogens is 3. The minimum atomic E-state index is -1.72. The SMILES string of the molecule is Cc1ccc2nc(C(Cl)(Cl)Cl)[nH]c(=O)c2c1. The van der Waals surface area contributed by atoms with Gasteiger partial charge in [0.2, 0.25) is 3.79 Å². The number of aryl methyl sites for hydroxylation is 1. The molecule has 0 saturated heterocycles. The number of hydrogen-bond donors (Lipinski definition) is 1. The molecule has 3 nitrogen and oxygen atoms in total. The molecule has 2 rings (SSSR count). The third-order valence-corrected chi connectivity index (χ3v) is 2.67. The van der Waals surface area contributed by atoms with Crippen LogP contribution in [0.2, 0.25) is 0 Å². The Bertz CT molecular complexity index is 601. The summed E-state index contributed by atoms with van der Waals surface area (Å²) >= 11 is 17.0. The molecule has 0 aliphatic heterocycles. The van der Waals surface area contributed by atoms with Crippen LogP contribution in [0.3, 0.4) is 0 Å². The lowest BCUT2D eigenvalue weighted by Crippen LogP contribution is -2.17. The molecule has 0 saturated carbocycles. The van der Waals surface area contributed by atoms with Crippen molar-refractivity contribution in [2.45, 2.75) is 10.7 Å². The molecule has 0 aliphatic carbocycles. The lowest BCUT2D eigenvalue weighted by molar-refractivity contribution is 0.974. The van der Waals surface area contributed by atoms with E-state index in [2.05, 4.69) is 9.97 Å². The number of benzene rings is 1. The third-order valence-electron chi connectivity index (χ3n) is 2.13. The predicted octanol–water partition coefficient (Wildman–Crippen LogP) is 3.06. The maximum atomic E-state index is 11.7. The zero-order valence-corrected chi connectivity index (χ0v) is 10.5. The molecule has 1 N–H and O–H groups in total. The smallest absolute Gasteiger partial charge is 0.258 e. The van der Waals surface area contributed by atoms with Crippen LogP contribution in [0, 0.1) is 6.92 Å². The van der Waals surface area contributed by atoms with Crippen LogP contribution < -0.4 is 5.56 Å². The van der Waals surface area contributed by atoms with Crippen molar-refractivity contribution in [3.05, 3.63) is 39.9 Å². The Kier molecular flexibility index (Phi) is 2.86. The Morgan fingerprint density at radius 3 is 2.62 bits per heavy atom. The van der Waals surface area contributed by atoms with Crippen LogP contribution >= 0.6 is 34.8 Å². The van der Waals surface area contributed by atoms with E-state index in [0.717, 1.165) is 5.56 Å². The van der Waals surface area contributed by atoms with E-state index in [4.69, 9.17) is 34.8 Å². The average Bonchev–Trinajstić information content (AvgIpc) is 2.17. The highest BCUT2D eigenvalue weighted by Crippen LogP contribution is 2.35. The van der Waals surface area contributed by atoms with Crippen molar-refractivity contribution in [1.29, 1.82) is 0 Å². The summed E-state index contributed by atoms with van der Waals surface area (Å²) in [6, 6.07) is 5.31. The van der Waals surface area contributed by atoms with Gasteiger partial charge in [0.1, 0.15) is 0 Å². The lowest BCUT2D eigenvalue weighted by Gasteiger charge is -2.10. The normalized spacial score (nSPS) is 12.0. The highest BCUT2D eigenvalue weighted by Gasteiger charge is 2.26. The first-order valence-electron chi connectivity index (χ1n) is 4.46. The number of hydrogen-bond acceptors (Lipinski definition) is 2. The Balaban J connectivity index is 2.79. The summed E-state index contributed by atoms with van der Waals surface area (Å²) in [7, 11) is 0. The number of nitrogens with zero attached hydrogens (tertiary/aromatic N) is 1. The van der Waals surface area contributed by atoms with Gasteiger partial charge in [-0.15, -0.1) is 0 Å². The van der Waals surface area contributed by atoms with E-state index >= 15 is 0 Å². The quantitative estimate of drug-likeness (QED) is 0.752. The fourth-order valence-corrected chi connectivity index (χ4v) is 1.66. The van der Waals surface area contributed by atoms with Crippen LogP contribution in [-0.4, -0.2) is 9.97 Å². The highest BCUT2D eigenvalue weighted by atomic mass is 35.6. The van der Waals surface area contributed by atoms with Crippen LogP contribution in [0.1, 0.15) is 11.4 Å². The zero-order chi connectivity index (χ0) is 11.9. The standard InChI is InChI=1S/C10H7Cl3N2O/c1-5-2-3-7-6(4-5)8(16)15-9(14-7)10(11,12)13/h2-4H,1H3,(H,14,15,16). The maximum Gasteiger partial charge on any atom is 0.258 e. The Hall–Kier alpha value is -0.770. The molecule has 1 heterocycles. The number of fused-ring (bicyclic) bond motifs is 1. The minimum Gasteiger partial charge on any atom is -0.306 e. The Labute approximate surface area is 106 Å². The van der Waals surface area contributed by atoms with Crippen molar-refractivity contribution < 1.29 is 0 Å². The largest absolute Gasteiger partial charge is 0.306 e. The van der Waals surface area contributed by atoms with Crippen LogP contribution in [0.4, 0.5) is 0 Å². The summed E-state index contributed by atoms with van der Waals surface area (Å²) in [5, 5.41) is 0.484. The number of alkyl halides is 3. The predicted molar refractivity (Wildman–Crippen MR) is 66.3 cm³/mol. The molecule has 84 valence electrons. The molecule has 1 aromatic carbocycles. The summed E-state index contributed by atoms with van der Waals surface area (Å²) in [4.78, 5) is 18.3. The molecule has 0 atom stereocenters. The van der Waals surface area contributed by atoms with Crippen molar-refractivity contribution in [2.24, 2.45) is 0 Å². The molecule has 1 aromatic heterocycles. The third kappa shape index (κ3) is 2.17. The first-order chi connectivity index (χ1) is 7.38. The molecule has 0 radical (unpaired) electrons. The second-order valence-corrected chi connectivity index (χ2v) is 5.71. The molecule has 2 aromatic rings. The van der Waals surface area contributed by atoms with Gasteiger partial charge in [0.25, 0.3) is 5.56 Å². The van der Waals surface area contributed by atoms with Crippen LogP contribution in [0.5, 0.6) is 0 Å². The van der Waals surface area contributed by atoms with Gasteiger partial charge in [-0.25, -0.2) is 4.98 Å². The second kappa shape index (κ2) is 3.91. The van der Waals surface area contributed by atoms with Gasteiger partial charge < -0.3 is 4.98 Å². The summed E-state index contributed by atoms with van der Waals surface area (Å²) in [6.45, 7) is 1.89. The Morgan fingerprint density at radius 1 is 1.31 bits per heavy atom. The molecule has 0 unspecified atom stereocenters. The van der Waals surface area contributed by atoms with Crippen LogP contribution in [0.25, 0.3) is 10.9 Å². The average molecular weight is 278 g/mol. The van der Waals surface area contributed by atoms with Crippen LogP contribution in [-0.2, 0) is 3.79 Å². The summed E-state index contributed by atoms with van der Waals surface area (Å²) < 4.78 is -1.72. The van der Waals surface area contributed by atoms with Gasteiger partial charge in [-0.1, -0.05) is 46.4 Å². The van der Waals surface area contributed by atoms with E-state index in [-0.39, 0.29) is 11.4 Å². The molecular formula is C10H7Cl3N2O. The number of H-pyrrole nitrogens is 1. The van der Waals surface area contributed by atoms with Gasteiger partial charge in [0.15, 0.2) is 5.82 Å². The van der Waals surface area contributed by atoms with Gasteiger partial charge >= 0.3 is 0 Å². The highest BCUT2D eigenvalue weighted by molar-refractivity contribution is 6.66. The van der Waals surface area contributed by atoms with E-state index in [1.54, 1.807) is 12.1 Å². The molecular weight excluding hydrogens is 270 g/mol. The van der Waals surface area contributed by atoms with E-state index in [9.17, 15) is 4.79 Å². The molecule has 0 amide bonds. The molecule has 0 bridgehead atoms. The zero-order valence-electron chi connectivity index (χ0n) is 8.22. The first-order valence-corrected chi connectivity index (χ1v) is 5.59. The number of aromatic nitrogens is 2. The first kappa shape index (κ1) is 11.7. The van der Waals surface area contributed by atoms with Crippen molar-refractivity contribution in [1.82, 2.24) is 9.97 Å². The number of rotatable bonds is 0. The van der Waals surface area contributed by atoms with Crippen molar-refractivity contribution >= 4 is 45.7 Å². The van der Waals surface area contributed by atoms with Crippen molar-refractivity contribution in [2.75, 3.05) is 0 Å². The molecule has 16 heavy (non-hydrogen) atoms. The number of aromatic amines is 1. The van der Waals surface area contributed by atoms with Crippen molar-refractivity contribution in [3.8, 4) is 0 Å². The van der Waals surface area contributed by atoms with Gasteiger partial charge in [-0.05, 0) is 19.1 Å². The lowest BCUT2D eigenvalue weighted by atomic mass is 10.2. The maximum absolute atomic E-state index is 11.7. The molecule has 6 heteroatoms. The number of nitrogens with one attached hydrogen (secondary N) is 1. The van der Waals surface area contributed by atoms with Gasteiger partial charge in [0, 0.05) is 0 Å². The topological polar surface area (TPSA) is 45.8 Å². The van der Waals surface area contributed by atoms with Gasteiger partial charge in [0.05, 0.1) is 10.9 Å². The molecule has 0 spiro atoms. The van der Waals surface area contributed by atoms with E-state index < -0.39 is 3.79 Å².